The van der Waals surface area contributed by atoms with Crippen molar-refractivity contribution in [3.63, 3.8) is 0 Å². The van der Waals surface area contributed by atoms with Crippen LogP contribution in [0.1, 0.15) is 18.5 Å². The number of hydrogen-bond donors (Lipinski definition) is 1. The van der Waals surface area contributed by atoms with Gasteiger partial charge in [-0.2, -0.15) is 0 Å². The normalized spacial score (nSPS) is 11.9. The van der Waals surface area contributed by atoms with E-state index in [1.165, 1.54) is 12.1 Å². The van der Waals surface area contributed by atoms with E-state index in [1.807, 2.05) is 6.92 Å². The van der Waals surface area contributed by atoms with Crippen LogP contribution in [0.25, 0.3) is 0 Å². The van der Waals surface area contributed by atoms with E-state index in [2.05, 4.69) is 20.9 Å². The second-order valence-corrected chi connectivity index (χ2v) is 5.10. The fourth-order valence-electron chi connectivity index (χ4n) is 1.60. The lowest BCUT2D eigenvalue weighted by Gasteiger charge is -2.09. The van der Waals surface area contributed by atoms with Crippen LogP contribution in [-0.4, -0.2) is 9.91 Å². The number of pyridine rings is 1. The van der Waals surface area contributed by atoms with Gasteiger partial charge in [0.05, 0.1) is 4.92 Å². The van der Waals surface area contributed by atoms with Gasteiger partial charge in [-0.15, -0.1) is 0 Å². The summed E-state index contributed by atoms with van der Waals surface area (Å²) in [5.41, 5.74) is 6.49. The van der Waals surface area contributed by atoms with Crippen LogP contribution in [0.2, 0.25) is 0 Å². The summed E-state index contributed by atoms with van der Waals surface area (Å²) in [6, 6.07) is 7.83. The molecule has 1 aromatic heterocycles. The maximum Gasteiger partial charge on any atom is 0.312 e. The zero-order valence-electron chi connectivity index (χ0n) is 10.6. The fourth-order valence-corrected chi connectivity index (χ4v) is 1.94. The number of benzene rings is 1. The number of rotatable bonds is 4. The third kappa shape index (κ3) is 3.31. The molecule has 0 radical (unpaired) electrons. The van der Waals surface area contributed by atoms with Gasteiger partial charge in [0, 0.05) is 28.8 Å². The van der Waals surface area contributed by atoms with Gasteiger partial charge in [-0.3, -0.25) is 10.1 Å². The molecule has 0 fully saturated rings. The molecule has 0 aliphatic carbocycles. The van der Waals surface area contributed by atoms with Crippen molar-refractivity contribution in [2.75, 3.05) is 0 Å². The lowest BCUT2D eigenvalue weighted by molar-refractivity contribution is -0.385. The summed E-state index contributed by atoms with van der Waals surface area (Å²) in [6.45, 7) is 1.83. The van der Waals surface area contributed by atoms with Crippen molar-refractivity contribution >= 4 is 21.6 Å². The molecule has 6 nitrogen and oxygen atoms in total. The van der Waals surface area contributed by atoms with E-state index in [1.54, 1.807) is 24.4 Å². The molecule has 0 aliphatic heterocycles. The van der Waals surface area contributed by atoms with E-state index in [0.717, 1.165) is 5.56 Å². The first-order valence-corrected chi connectivity index (χ1v) is 6.60. The topological polar surface area (TPSA) is 91.3 Å². The molecule has 1 atom stereocenters. The van der Waals surface area contributed by atoms with Crippen molar-refractivity contribution < 1.29 is 9.66 Å². The van der Waals surface area contributed by atoms with E-state index in [9.17, 15) is 10.1 Å². The van der Waals surface area contributed by atoms with Gasteiger partial charge in [0.25, 0.3) is 0 Å². The number of nitrogens with zero attached hydrogens (tertiary/aromatic N) is 2. The summed E-state index contributed by atoms with van der Waals surface area (Å²) in [5, 5.41) is 11.0. The molecule has 20 heavy (non-hydrogen) atoms. The highest BCUT2D eigenvalue weighted by Gasteiger charge is 2.17. The Kier molecular flexibility index (Phi) is 4.31. The minimum atomic E-state index is -0.504. The van der Waals surface area contributed by atoms with Crippen LogP contribution < -0.4 is 10.5 Å². The molecule has 0 bridgehead atoms. The Hall–Kier alpha value is -1.99. The van der Waals surface area contributed by atoms with E-state index in [4.69, 9.17) is 10.5 Å². The molecule has 2 N–H and O–H groups in total. The molecule has 7 heteroatoms. The number of nitrogens with two attached hydrogens (primary N) is 1. The van der Waals surface area contributed by atoms with Gasteiger partial charge in [0.2, 0.25) is 11.6 Å². The Morgan fingerprint density at radius 2 is 2.15 bits per heavy atom. The quantitative estimate of drug-likeness (QED) is 0.680. The molecule has 0 spiro atoms. The predicted molar refractivity (Wildman–Crippen MR) is 77.7 cm³/mol. The Labute approximate surface area is 123 Å². The summed E-state index contributed by atoms with van der Waals surface area (Å²) in [5.74, 6) is 0.401. The molecule has 104 valence electrons. The third-order valence-corrected chi connectivity index (χ3v) is 3.11. The smallest absolute Gasteiger partial charge is 0.312 e. The highest BCUT2D eigenvalue weighted by molar-refractivity contribution is 9.10. The van der Waals surface area contributed by atoms with Crippen molar-refractivity contribution in [2.24, 2.45) is 5.73 Å². The summed E-state index contributed by atoms with van der Waals surface area (Å²) >= 11 is 3.19. The highest BCUT2D eigenvalue weighted by atomic mass is 79.9. The summed E-state index contributed by atoms with van der Waals surface area (Å²) < 4.78 is 6.09. The second kappa shape index (κ2) is 5.98. The monoisotopic (exact) mass is 337 g/mol. The fraction of sp³-hybridized carbons (Fsp3) is 0.154. The van der Waals surface area contributed by atoms with Crippen LogP contribution in [0, 0.1) is 10.1 Å². The zero-order valence-corrected chi connectivity index (χ0v) is 12.2. The van der Waals surface area contributed by atoms with Gasteiger partial charge in [0.15, 0.2) is 0 Å². The molecule has 2 aromatic rings. The Balaban J connectivity index is 2.35. The van der Waals surface area contributed by atoms with E-state index >= 15 is 0 Å². The van der Waals surface area contributed by atoms with Crippen LogP contribution >= 0.6 is 15.9 Å². The van der Waals surface area contributed by atoms with Crippen molar-refractivity contribution in [1.82, 2.24) is 4.98 Å². The van der Waals surface area contributed by atoms with Gasteiger partial charge in [-0.25, -0.2) is 4.98 Å². The highest BCUT2D eigenvalue weighted by Crippen LogP contribution is 2.33. The van der Waals surface area contributed by atoms with Crippen molar-refractivity contribution in [2.45, 2.75) is 13.0 Å². The maximum absolute atomic E-state index is 11.0. The minimum absolute atomic E-state index is 0.132. The van der Waals surface area contributed by atoms with Crippen molar-refractivity contribution in [3.05, 3.63) is 56.7 Å². The second-order valence-electron chi connectivity index (χ2n) is 4.19. The molecule has 0 unspecified atom stereocenters. The number of halogens is 1. The van der Waals surface area contributed by atoms with Gasteiger partial charge in [-0.05, 0) is 30.7 Å². The maximum atomic E-state index is 11.0. The predicted octanol–water partition coefficient (Wildman–Crippen LogP) is 3.56. The van der Waals surface area contributed by atoms with E-state index in [0.29, 0.717) is 4.47 Å². The SMILES string of the molecule is C[C@H](N)c1ccnc(Oc2ccc(Br)cc2[N+](=O)[O-])c1. The Morgan fingerprint density at radius 1 is 1.40 bits per heavy atom. The number of nitro benzene ring substituents is 1. The first-order valence-electron chi connectivity index (χ1n) is 5.80. The van der Waals surface area contributed by atoms with E-state index in [-0.39, 0.29) is 23.4 Å². The van der Waals surface area contributed by atoms with Crippen LogP contribution in [0.3, 0.4) is 0 Å². The van der Waals surface area contributed by atoms with Gasteiger partial charge < -0.3 is 10.5 Å². The largest absolute Gasteiger partial charge is 0.432 e. The van der Waals surface area contributed by atoms with Crippen LogP contribution in [0.15, 0.2) is 41.0 Å². The van der Waals surface area contributed by atoms with Crippen LogP contribution in [0.4, 0.5) is 5.69 Å². The van der Waals surface area contributed by atoms with Crippen molar-refractivity contribution in [1.29, 1.82) is 0 Å². The average Bonchev–Trinajstić information content (AvgIpc) is 2.41. The Morgan fingerprint density at radius 3 is 2.80 bits per heavy atom. The Bertz CT molecular complexity index is 647. The molecule has 0 saturated heterocycles. The molecule has 0 amide bonds. The van der Waals surface area contributed by atoms with Gasteiger partial charge in [0.1, 0.15) is 0 Å². The minimum Gasteiger partial charge on any atom is -0.432 e. The number of nitro groups is 1. The number of ether oxygens (including phenoxy) is 1. The average molecular weight is 338 g/mol. The molecule has 2 rings (SSSR count). The lowest BCUT2D eigenvalue weighted by atomic mass is 10.1. The number of hydrogen-bond acceptors (Lipinski definition) is 5. The first-order chi connectivity index (χ1) is 9.47. The third-order valence-electron chi connectivity index (χ3n) is 2.62. The summed E-state index contributed by atoms with van der Waals surface area (Å²) in [7, 11) is 0. The summed E-state index contributed by atoms with van der Waals surface area (Å²) in [6.07, 6.45) is 1.55. The lowest BCUT2D eigenvalue weighted by Crippen LogP contribution is -2.05. The molecular formula is C13H12BrN3O3. The number of aromatic nitrogens is 1. The molecule has 1 heterocycles. The van der Waals surface area contributed by atoms with Crippen molar-refractivity contribution in [3.8, 4) is 11.6 Å². The van der Waals surface area contributed by atoms with Gasteiger partial charge in [-0.1, -0.05) is 15.9 Å². The molecular weight excluding hydrogens is 326 g/mol. The van der Waals surface area contributed by atoms with Gasteiger partial charge >= 0.3 is 5.69 Å². The van der Waals surface area contributed by atoms with E-state index < -0.39 is 4.92 Å². The summed E-state index contributed by atoms with van der Waals surface area (Å²) in [4.78, 5) is 14.5. The van der Waals surface area contributed by atoms with Crippen LogP contribution in [-0.2, 0) is 0 Å². The molecule has 1 aromatic carbocycles. The molecule has 0 aliphatic rings. The molecule has 0 saturated carbocycles. The zero-order chi connectivity index (χ0) is 14.7. The standard InChI is InChI=1S/C13H12BrN3O3/c1-8(15)9-4-5-16-13(6-9)20-12-3-2-10(14)7-11(12)17(18)19/h2-8H,15H2,1H3/t8-/m0/s1. The van der Waals surface area contributed by atoms with Crippen LogP contribution in [0.5, 0.6) is 11.6 Å². The first kappa shape index (κ1) is 14.4.